The molecule has 4 aliphatic carbocycles. The molecule has 25 heavy (non-hydrogen) atoms. The second-order valence-electron chi connectivity index (χ2n) is 8.90. The lowest BCUT2D eigenvalue weighted by molar-refractivity contribution is -0.0680. The highest BCUT2D eigenvalue weighted by Crippen LogP contribution is 2.64. The number of rotatable bonds is 3. The Hall–Kier alpha value is -1.80. The molecule has 0 aliphatic heterocycles. The third kappa shape index (κ3) is 2.50. The first kappa shape index (κ1) is 15.5. The van der Waals surface area contributed by atoms with Crippen LogP contribution < -0.4 is 5.73 Å². The summed E-state index contributed by atoms with van der Waals surface area (Å²) in [6, 6.07) is 16.3. The highest BCUT2D eigenvalue weighted by molar-refractivity contribution is 5.66. The van der Waals surface area contributed by atoms with E-state index in [-0.39, 0.29) is 11.5 Å². The molecule has 4 aliphatic rings. The van der Waals surface area contributed by atoms with Gasteiger partial charge < -0.3 is 10.8 Å². The van der Waals surface area contributed by atoms with E-state index in [1.54, 1.807) is 0 Å². The number of hydrogen-bond donors (Lipinski definition) is 2. The van der Waals surface area contributed by atoms with Crippen molar-refractivity contribution in [3.63, 3.8) is 0 Å². The SMILES string of the molecule is NC(c1ccc(-c2ccccc2)cc1O)C12CC3CC(CC(C3)C1)C2. The molecule has 1 unspecified atom stereocenters. The van der Waals surface area contributed by atoms with Crippen LogP contribution in [0.3, 0.4) is 0 Å². The normalized spacial score (nSPS) is 34.2. The lowest BCUT2D eigenvalue weighted by Crippen LogP contribution is -2.50. The van der Waals surface area contributed by atoms with Gasteiger partial charge in [0.1, 0.15) is 5.75 Å². The first-order chi connectivity index (χ1) is 12.1. The summed E-state index contributed by atoms with van der Waals surface area (Å²) in [4.78, 5) is 0. The zero-order valence-electron chi connectivity index (χ0n) is 14.7. The van der Waals surface area contributed by atoms with Gasteiger partial charge in [0.05, 0.1) is 0 Å². The molecule has 2 aromatic rings. The average molecular weight is 333 g/mol. The molecule has 4 bridgehead atoms. The van der Waals surface area contributed by atoms with Crippen LogP contribution in [0.4, 0.5) is 0 Å². The van der Waals surface area contributed by atoms with E-state index < -0.39 is 0 Å². The quantitative estimate of drug-likeness (QED) is 0.803. The van der Waals surface area contributed by atoms with Crippen LogP contribution in [0.1, 0.15) is 50.1 Å². The summed E-state index contributed by atoms with van der Waals surface area (Å²) in [5.74, 6) is 3.00. The predicted molar refractivity (Wildman–Crippen MR) is 101 cm³/mol. The van der Waals surface area contributed by atoms with Crippen molar-refractivity contribution in [2.24, 2.45) is 28.9 Å². The van der Waals surface area contributed by atoms with Crippen LogP contribution in [-0.2, 0) is 0 Å². The summed E-state index contributed by atoms with van der Waals surface area (Å²) in [5, 5.41) is 10.7. The van der Waals surface area contributed by atoms with Crippen molar-refractivity contribution in [1.29, 1.82) is 0 Å². The smallest absolute Gasteiger partial charge is 0.120 e. The minimum Gasteiger partial charge on any atom is -0.508 e. The maximum Gasteiger partial charge on any atom is 0.120 e. The zero-order chi connectivity index (χ0) is 17.0. The number of hydrogen-bond acceptors (Lipinski definition) is 2. The number of nitrogens with two attached hydrogens (primary N) is 1. The van der Waals surface area contributed by atoms with Gasteiger partial charge >= 0.3 is 0 Å². The molecule has 4 saturated carbocycles. The van der Waals surface area contributed by atoms with Gasteiger partial charge in [0.2, 0.25) is 0 Å². The molecule has 4 fully saturated rings. The second-order valence-corrected chi connectivity index (χ2v) is 8.90. The van der Waals surface area contributed by atoms with E-state index in [1.807, 2.05) is 24.3 Å². The molecule has 2 nitrogen and oxygen atoms in total. The molecule has 0 saturated heterocycles. The fraction of sp³-hybridized carbons (Fsp3) is 0.478. The van der Waals surface area contributed by atoms with Gasteiger partial charge in [-0.05, 0) is 78.9 Å². The summed E-state index contributed by atoms with van der Waals surface area (Å²) >= 11 is 0. The summed E-state index contributed by atoms with van der Waals surface area (Å²) in [6.45, 7) is 0. The number of aromatic hydroxyl groups is 1. The monoisotopic (exact) mass is 333 g/mol. The minimum absolute atomic E-state index is 0.0364. The Balaban J connectivity index is 1.47. The number of phenols is 1. The van der Waals surface area contributed by atoms with Gasteiger partial charge in [-0.3, -0.25) is 0 Å². The van der Waals surface area contributed by atoms with Gasteiger partial charge in [0.15, 0.2) is 0 Å². The van der Waals surface area contributed by atoms with E-state index >= 15 is 0 Å². The third-order valence-electron chi connectivity index (χ3n) is 7.22. The Labute approximate surface area is 150 Å². The van der Waals surface area contributed by atoms with E-state index in [0.29, 0.717) is 5.75 Å². The molecule has 0 heterocycles. The zero-order valence-corrected chi connectivity index (χ0v) is 14.7. The highest BCUT2D eigenvalue weighted by atomic mass is 16.3. The van der Waals surface area contributed by atoms with Gasteiger partial charge in [0.25, 0.3) is 0 Å². The van der Waals surface area contributed by atoms with Crippen LogP contribution in [0.15, 0.2) is 48.5 Å². The second kappa shape index (κ2) is 5.60. The largest absolute Gasteiger partial charge is 0.508 e. The van der Waals surface area contributed by atoms with E-state index in [9.17, 15) is 5.11 Å². The number of phenolic OH excluding ortho intramolecular Hbond substituents is 1. The molecule has 2 aromatic carbocycles. The maximum absolute atomic E-state index is 10.7. The van der Waals surface area contributed by atoms with Crippen LogP contribution >= 0.6 is 0 Å². The van der Waals surface area contributed by atoms with Crippen molar-refractivity contribution < 1.29 is 5.11 Å². The molecule has 0 radical (unpaired) electrons. The lowest BCUT2D eigenvalue weighted by Gasteiger charge is -2.59. The van der Waals surface area contributed by atoms with Gasteiger partial charge in [0, 0.05) is 11.6 Å². The molecule has 6 rings (SSSR count). The van der Waals surface area contributed by atoms with Gasteiger partial charge in [-0.2, -0.15) is 0 Å². The molecule has 130 valence electrons. The molecule has 0 spiro atoms. The standard InChI is InChI=1S/C23H27NO/c24-22(23-12-15-8-16(13-23)10-17(9-15)14-23)20-7-6-19(11-21(20)25)18-4-2-1-3-5-18/h1-7,11,15-17,22,25H,8-10,12-14,24H2. The van der Waals surface area contributed by atoms with Gasteiger partial charge in [-0.1, -0.05) is 42.5 Å². The fourth-order valence-electron chi connectivity index (χ4n) is 6.51. The Morgan fingerprint density at radius 3 is 2.00 bits per heavy atom. The van der Waals surface area contributed by atoms with E-state index in [2.05, 4.69) is 24.3 Å². The van der Waals surface area contributed by atoms with Crippen LogP contribution in [-0.4, -0.2) is 5.11 Å². The Morgan fingerprint density at radius 1 is 0.840 bits per heavy atom. The molecule has 0 aromatic heterocycles. The van der Waals surface area contributed by atoms with Crippen molar-refractivity contribution in [2.45, 2.75) is 44.6 Å². The summed E-state index contributed by atoms with van der Waals surface area (Å²) in [7, 11) is 0. The Kier molecular flexibility index (Phi) is 3.46. The van der Waals surface area contributed by atoms with Crippen LogP contribution in [0.5, 0.6) is 5.75 Å². The van der Waals surface area contributed by atoms with Crippen molar-refractivity contribution in [2.75, 3.05) is 0 Å². The molecule has 0 amide bonds. The fourth-order valence-corrected chi connectivity index (χ4v) is 6.51. The molecular weight excluding hydrogens is 306 g/mol. The summed E-state index contributed by atoms with van der Waals surface area (Å²) in [5.41, 5.74) is 10.2. The van der Waals surface area contributed by atoms with Crippen molar-refractivity contribution in [3.8, 4) is 16.9 Å². The van der Waals surface area contributed by atoms with Crippen molar-refractivity contribution in [1.82, 2.24) is 0 Å². The van der Waals surface area contributed by atoms with Crippen LogP contribution in [0.25, 0.3) is 11.1 Å². The van der Waals surface area contributed by atoms with Crippen molar-refractivity contribution in [3.05, 3.63) is 54.1 Å². The minimum atomic E-state index is -0.0364. The molecule has 1 atom stereocenters. The van der Waals surface area contributed by atoms with Crippen molar-refractivity contribution >= 4 is 0 Å². The topological polar surface area (TPSA) is 46.2 Å². The average Bonchev–Trinajstić information content (AvgIpc) is 2.61. The van der Waals surface area contributed by atoms with E-state index in [1.165, 1.54) is 38.5 Å². The van der Waals surface area contributed by atoms with E-state index in [0.717, 1.165) is 34.4 Å². The predicted octanol–water partition coefficient (Wildman–Crippen LogP) is 5.28. The first-order valence-electron chi connectivity index (χ1n) is 9.77. The Bertz CT molecular complexity index is 747. The lowest BCUT2D eigenvalue weighted by atomic mass is 9.47. The number of benzene rings is 2. The van der Waals surface area contributed by atoms with Crippen LogP contribution in [0.2, 0.25) is 0 Å². The summed E-state index contributed by atoms with van der Waals surface area (Å²) in [6.07, 6.45) is 8.06. The first-order valence-corrected chi connectivity index (χ1v) is 9.77. The molecule has 3 N–H and O–H groups in total. The summed E-state index contributed by atoms with van der Waals surface area (Å²) < 4.78 is 0. The molecule has 2 heteroatoms. The molecular formula is C23H27NO. The van der Waals surface area contributed by atoms with Gasteiger partial charge in [-0.25, -0.2) is 0 Å². The third-order valence-corrected chi connectivity index (χ3v) is 7.22. The van der Waals surface area contributed by atoms with E-state index in [4.69, 9.17) is 5.73 Å². The highest BCUT2D eigenvalue weighted by Gasteiger charge is 2.53. The van der Waals surface area contributed by atoms with Crippen LogP contribution in [0, 0.1) is 23.2 Å². The Morgan fingerprint density at radius 2 is 1.44 bits per heavy atom. The maximum atomic E-state index is 10.7. The van der Waals surface area contributed by atoms with Gasteiger partial charge in [-0.15, -0.1) is 0 Å².